The van der Waals surface area contributed by atoms with Gasteiger partial charge >= 0.3 is 6.18 Å². The van der Waals surface area contributed by atoms with Gasteiger partial charge in [0.2, 0.25) is 11.5 Å². The third kappa shape index (κ3) is 5.48. The molecule has 1 aliphatic carbocycles. The second-order valence-corrected chi connectivity index (χ2v) is 10.7. The highest BCUT2D eigenvalue weighted by Gasteiger charge is 2.46. The Bertz CT molecular complexity index is 1250. The summed E-state index contributed by atoms with van der Waals surface area (Å²) < 4.78 is 55.8. The Balaban J connectivity index is 1.36. The zero-order valence-corrected chi connectivity index (χ0v) is 22.1. The van der Waals surface area contributed by atoms with Crippen molar-refractivity contribution in [1.82, 2.24) is 20.0 Å². The molecule has 212 valence electrons. The Morgan fingerprint density at radius 2 is 1.92 bits per heavy atom. The van der Waals surface area contributed by atoms with E-state index in [1.807, 2.05) is 6.92 Å². The molecule has 0 spiro atoms. The van der Waals surface area contributed by atoms with Crippen LogP contribution in [-0.4, -0.2) is 64.6 Å². The first-order chi connectivity index (χ1) is 18.6. The number of fused-ring (bicyclic) bond motifs is 3. The number of furan rings is 1. The first-order valence-electron chi connectivity index (χ1n) is 13.6. The Hall–Kier alpha value is -3.15. The number of hydrogen-bond acceptors (Lipinski definition) is 6. The van der Waals surface area contributed by atoms with E-state index in [1.54, 1.807) is 22.7 Å². The molecule has 0 aromatic carbocycles. The van der Waals surface area contributed by atoms with E-state index in [1.165, 1.54) is 0 Å². The molecule has 0 radical (unpaired) electrons. The van der Waals surface area contributed by atoms with Crippen LogP contribution in [-0.2, 0) is 33.5 Å². The summed E-state index contributed by atoms with van der Waals surface area (Å²) in [6.07, 6.45) is 0.0775. The molecule has 4 heterocycles. The molecule has 12 heteroatoms. The molecule has 0 bridgehead atoms. The van der Waals surface area contributed by atoms with Crippen LogP contribution in [0.4, 0.5) is 13.2 Å². The fourth-order valence-electron chi connectivity index (χ4n) is 5.78. The van der Waals surface area contributed by atoms with Gasteiger partial charge in [0, 0.05) is 57.4 Å². The van der Waals surface area contributed by atoms with Crippen molar-refractivity contribution in [3.05, 3.63) is 28.8 Å². The van der Waals surface area contributed by atoms with Crippen LogP contribution >= 0.6 is 0 Å². The first-order valence-corrected chi connectivity index (χ1v) is 13.6. The van der Waals surface area contributed by atoms with E-state index in [0.717, 1.165) is 12.8 Å². The minimum absolute atomic E-state index is 0.113. The number of Topliss-reactive ketones (excluding diaryl/α,β-unsaturated/α-hetero) is 1. The van der Waals surface area contributed by atoms with Crippen LogP contribution < -0.4 is 5.32 Å². The van der Waals surface area contributed by atoms with Gasteiger partial charge in [-0.25, -0.2) is 0 Å². The maximum atomic E-state index is 14.4. The number of ketones is 1. The van der Waals surface area contributed by atoms with Crippen molar-refractivity contribution >= 4 is 17.6 Å². The van der Waals surface area contributed by atoms with Gasteiger partial charge in [0.25, 0.3) is 11.8 Å². The third-order valence-electron chi connectivity index (χ3n) is 7.94. The number of likely N-dealkylation sites (tertiary alicyclic amines) is 1. The van der Waals surface area contributed by atoms with E-state index in [0.29, 0.717) is 44.6 Å². The number of halogens is 3. The number of carbonyl (C=O) groups is 3. The predicted octanol–water partition coefficient (Wildman–Crippen LogP) is 3.95. The number of amides is 2. The van der Waals surface area contributed by atoms with E-state index >= 15 is 0 Å². The number of carbonyl (C=O) groups excluding carboxylic acids is 3. The number of nitrogens with zero attached hydrogens (tertiary/aromatic N) is 3. The highest BCUT2D eigenvalue weighted by atomic mass is 19.4. The predicted molar refractivity (Wildman–Crippen MR) is 133 cm³/mol. The van der Waals surface area contributed by atoms with E-state index in [2.05, 4.69) is 10.4 Å². The van der Waals surface area contributed by atoms with Crippen molar-refractivity contribution in [1.29, 1.82) is 0 Å². The third-order valence-corrected chi connectivity index (χ3v) is 7.94. The van der Waals surface area contributed by atoms with Crippen molar-refractivity contribution in [3.8, 4) is 11.3 Å². The smallest absolute Gasteiger partial charge is 0.420 e. The van der Waals surface area contributed by atoms with Gasteiger partial charge in [0.05, 0.1) is 17.4 Å². The molecular formula is C27H33F3N4O5. The maximum Gasteiger partial charge on any atom is 0.420 e. The molecule has 2 fully saturated rings. The van der Waals surface area contributed by atoms with Crippen LogP contribution in [0.15, 0.2) is 10.6 Å². The molecule has 2 saturated heterocycles. The maximum absolute atomic E-state index is 14.4. The molecule has 2 atom stereocenters. The molecule has 3 aliphatic rings. The van der Waals surface area contributed by atoms with Crippen LogP contribution in [0.3, 0.4) is 0 Å². The number of aromatic nitrogens is 2. The molecule has 2 amide bonds. The molecule has 2 aromatic rings. The molecule has 0 unspecified atom stereocenters. The standard InChI is InChI=1S/C27H33F3N4O5/c1-3-19(35)26(37)33-8-6-16(7-9-33)13-34-14-18-15(2)11-20-21(23(18)32-34)22(27(28,29)30)24(39-20)25(36)31-12-17-5-4-10-38-17/h14-17H,3-13H2,1-2H3,(H,31,36)/t15-,17-/m0/s1. The second kappa shape index (κ2) is 10.8. The summed E-state index contributed by atoms with van der Waals surface area (Å²) in [6, 6.07) is 0. The number of piperidine rings is 1. The lowest BCUT2D eigenvalue weighted by Crippen LogP contribution is -2.42. The SMILES string of the molecule is CCC(=O)C(=O)N1CCC(Cn2cc3c(n2)-c2c(oc(C(=O)NC[C@@H]4CCCO4)c2C(F)(F)F)C[C@@H]3C)CC1. The summed E-state index contributed by atoms with van der Waals surface area (Å²) in [5.41, 5.74) is -0.372. The van der Waals surface area contributed by atoms with E-state index in [9.17, 15) is 27.6 Å². The van der Waals surface area contributed by atoms with E-state index < -0.39 is 35.1 Å². The van der Waals surface area contributed by atoms with E-state index in [4.69, 9.17) is 9.15 Å². The Labute approximate surface area is 224 Å². The number of rotatable bonds is 7. The summed E-state index contributed by atoms with van der Waals surface area (Å²) in [5, 5.41) is 7.11. The highest BCUT2D eigenvalue weighted by Crippen LogP contribution is 2.48. The van der Waals surface area contributed by atoms with Gasteiger partial charge in [-0.15, -0.1) is 0 Å². The van der Waals surface area contributed by atoms with Gasteiger partial charge in [-0.3, -0.25) is 19.1 Å². The minimum atomic E-state index is -4.81. The van der Waals surface area contributed by atoms with Crippen LogP contribution in [0.2, 0.25) is 0 Å². The largest absolute Gasteiger partial charge is 0.455 e. The summed E-state index contributed by atoms with van der Waals surface area (Å²) >= 11 is 0. The molecule has 9 nitrogen and oxygen atoms in total. The number of ether oxygens (including phenoxy) is 1. The number of alkyl halides is 3. The van der Waals surface area contributed by atoms with Crippen LogP contribution in [0.25, 0.3) is 11.3 Å². The summed E-state index contributed by atoms with van der Waals surface area (Å²) in [6.45, 7) is 5.64. The summed E-state index contributed by atoms with van der Waals surface area (Å²) in [7, 11) is 0. The van der Waals surface area contributed by atoms with Crippen molar-refractivity contribution in [3.63, 3.8) is 0 Å². The number of hydrogen-bond donors (Lipinski definition) is 1. The zero-order valence-electron chi connectivity index (χ0n) is 22.1. The Kier molecular flexibility index (Phi) is 7.58. The molecular weight excluding hydrogens is 517 g/mol. The quantitative estimate of drug-likeness (QED) is 0.524. The fourth-order valence-corrected chi connectivity index (χ4v) is 5.78. The molecule has 1 N–H and O–H groups in total. The van der Waals surface area contributed by atoms with Gasteiger partial charge in [0.1, 0.15) is 11.3 Å². The summed E-state index contributed by atoms with van der Waals surface area (Å²) in [4.78, 5) is 38.3. The number of nitrogens with one attached hydrogen (secondary N) is 1. The van der Waals surface area contributed by atoms with Crippen LogP contribution in [0.1, 0.15) is 79.3 Å². The van der Waals surface area contributed by atoms with Crippen molar-refractivity contribution in [2.24, 2.45) is 5.92 Å². The zero-order chi connectivity index (χ0) is 27.9. The van der Waals surface area contributed by atoms with Gasteiger partial charge in [-0.05, 0) is 37.5 Å². The minimum Gasteiger partial charge on any atom is -0.455 e. The van der Waals surface area contributed by atoms with Gasteiger partial charge < -0.3 is 19.4 Å². The molecule has 2 aromatic heterocycles. The van der Waals surface area contributed by atoms with Gasteiger partial charge in [0.15, 0.2) is 0 Å². The van der Waals surface area contributed by atoms with E-state index in [-0.39, 0.29) is 54.3 Å². The Morgan fingerprint density at radius 3 is 2.56 bits per heavy atom. The Morgan fingerprint density at radius 1 is 1.18 bits per heavy atom. The van der Waals surface area contributed by atoms with Crippen molar-refractivity contribution in [2.45, 2.75) is 77.1 Å². The molecule has 2 aliphatic heterocycles. The lowest BCUT2D eigenvalue weighted by atomic mass is 9.86. The fraction of sp³-hybridized carbons (Fsp3) is 0.630. The van der Waals surface area contributed by atoms with Crippen LogP contribution in [0.5, 0.6) is 0 Å². The van der Waals surface area contributed by atoms with Crippen LogP contribution in [0, 0.1) is 5.92 Å². The molecule has 5 rings (SSSR count). The molecule has 0 saturated carbocycles. The lowest BCUT2D eigenvalue weighted by Gasteiger charge is -2.31. The monoisotopic (exact) mass is 550 g/mol. The second-order valence-electron chi connectivity index (χ2n) is 10.7. The molecule has 39 heavy (non-hydrogen) atoms. The normalized spacial score (nSPS) is 21.5. The lowest BCUT2D eigenvalue weighted by molar-refractivity contribution is -0.145. The van der Waals surface area contributed by atoms with Crippen molar-refractivity contribution in [2.75, 3.05) is 26.2 Å². The topological polar surface area (TPSA) is 107 Å². The van der Waals surface area contributed by atoms with Gasteiger partial charge in [-0.2, -0.15) is 18.3 Å². The highest BCUT2D eigenvalue weighted by molar-refractivity contribution is 6.35. The summed E-state index contributed by atoms with van der Waals surface area (Å²) in [5.74, 6) is -2.38. The first kappa shape index (κ1) is 27.4. The average molecular weight is 551 g/mol. The van der Waals surface area contributed by atoms with Gasteiger partial charge in [-0.1, -0.05) is 13.8 Å². The van der Waals surface area contributed by atoms with Crippen molar-refractivity contribution < 1.29 is 36.7 Å². The average Bonchev–Trinajstić information content (AvgIpc) is 3.65.